The molecule has 2 aliphatic rings. The molecule has 2 aromatic rings. The number of amides is 1. The SMILES string of the molecule is Cc1occc1C(=O)N1CCO[C@@]2(CCCN(Cc3ccccn3)C2)C1. The molecule has 0 aliphatic carbocycles. The molecule has 4 heterocycles. The number of hydrogen-bond donors (Lipinski definition) is 0. The van der Waals surface area contributed by atoms with Crippen LogP contribution in [0.25, 0.3) is 0 Å². The number of aryl methyl sites for hydroxylation is 1. The number of hydrogen-bond acceptors (Lipinski definition) is 5. The van der Waals surface area contributed by atoms with Gasteiger partial charge >= 0.3 is 0 Å². The van der Waals surface area contributed by atoms with Gasteiger partial charge in [0.25, 0.3) is 5.91 Å². The molecule has 4 rings (SSSR count). The Labute approximate surface area is 153 Å². The van der Waals surface area contributed by atoms with Crippen LogP contribution < -0.4 is 0 Å². The third kappa shape index (κ3) is 3.52. The Bertz CT molecular complexity index is 757. The molecule has 6 heteroatoms. The second kappa shape index (κ2) is 7.21. The number of rotatable bonds is 3. The van der Waals surface area contributed by atoms with Crippen molar-refractivity contribution >= 4 is 5.91 Å². The zero-order chi connectivity index (χ0) is 18.0. The van der Waals surface area contributed by atoms with Crippen molar-refractivity contribution < 1.29 is 13.9 Å². The summed E-state index contributed by atoms with van der Waals surface area (Å²) < 4.78 is 11.5. The molecule has 0 saturated carbocycles. The Kier molecular flexibility index (Phi) is 4.78. The predicted octanol–water partition coefficient (Wildman–Crippen LogP) is 2.49. The van der Waals surface area contributed by atoms with Gasteiger partial charge in [0.15, 0.2) is 0 Å². The van der Waals surface area contributed by atoms with Gasteiger partial charge in [-0.2, -0.15) is 0 Å². The number of nitrogens with zero attached hydrogens (tertiary/aromatic N) is 3. The number of piperidine rings is 1. The molecule has 1 amide bonds. The highest BCUT2D eigenvalue weighted by atomic mass is 16.5. The van der Waals surface area contributed by atoms with Crippen LogP contribution in [0.3, 0.4) is 0 Å². The van der Waals surface area contributed by atoms with Crippen molar-refractivity contribution in [2.75, 3.05) is 32.8 Å². The summed E-state index contributed by atoms with van der Waals surface area (Å²) in [5.41, 5.74) is 1.45. The number of aromatic nitrogens is 1. The molecule has 1 spiro atoms. The molecule has 2 saturated heterocycles. The molecule has 26 heavy (non-hydrogen) atoms. The van der Waals surface area contributed by atoms with Gasteiger partial charge in [0.05, 0.1) is 36.3 Å². The lowest BCUT2D eigenvalue weighted by Crippen LogP contribution is -2.60. The molecule has 0 unspecified atom stereocenters. The van der Waals surface area contributed by atoms with Gasteiger partial charge in [0.2, 0.25) is 0 Å². The minimum Gasteiger partial charge on any atom is -0.469 e. The van der Waals surface area contributed by atoms with Gasteiger partial charge in [-0.1, -0.05) is 6.07 Å². The van der Waals surface area contributed by atoms with Crippen LogP contribution in [0.4, 0.5) is 0 Å². The van der Waals surface area contributed by atoms with Gasteiger partial charge in [-0.15, -0.1) is 0 Å². The van der Waals surface area contributed by atoms with E-state index in [9.17, 15) is 4.79 Å². The lowest BCUT2D eigenvalue weighted by molar-refractivity contribution is -0.133. The Balaban J connectivity index is 1.45. The van der Waals surface area contributed by atoms with Crippen LogP contribution in [0.2, 0.25) is 0 Å². The summed E-state index contributed by atoms with van der Waals surface area (Å²) in [6.07, 6.45) is 5.47. The summed E-state index contributed by atoms with van der Waals surface area (Å²) in [5, 5.41) is 0. The summed E-state index contributed by atoms with van der Waals surface area (Å²) in [5.74, 6) is 0.719. The fourth-order valence-electron chi connectivity index (χ4n) is 4.09. The summed E-state index contributed by atoms with van der Waals surface area (Å²) in [6.45, 7) is 6.37. The van der Waals surface area contributed by atoms with E-state index >= 15 is 0 Å². The fourth-order valence-corrected chi connectivity index (χ4v) is 4.09. The van der Waals surface area contributed by atoms with Crippen LogP contribution in [-0.2, 0) is 11.3 Å². The lowest BCUT2D eigenvalue weighted by Gasteiger charge is -2.48. The van der Waals surface area contributed by atoms with Crippen molar-refractivity contribution in [1.29, 1.82) is 0 Å². The van der Waals surface area contributed by atoms with Crippen LogP contribution >= 0.6 is 0 Å². The maximum absolute atomic E-state index is 12.9. The van der Waals surface area contributed by atoms with E-state index < -0.39 is 0 Å². The van der Waals surface area contributed by atoms with Gasteiger partial charge in [-0.3, -0.25) is 14.7 Å². The van der Waals surface area contributed by atoms with E-state index in [0.717, 1.165) is 38.2 Å². The van der Waals surface area contributed by atoms with Crippen molar-refractivity contribution in [3.8, 4) is 0 Å². The standard InChI is InChI=1S/C20H25N3O3/c1-16-18(6-11-25-16)19(24)23-10-12-26-20(15-23)7-4-9-22(14-20)13-17-5-2-3-8-21-17/h2-3,5-6,8,11H,4,7,9-10,12-15H2,1H3/t20-/m1/s1. The van der Waals surface area contributed by atoms with Gasteiger partial charge in [0, 0.05) is 25.8 Å². The second-order valence-electron chi connectivity index (χ2n) is 7.28. The lowest BCUT2D eigenvalue weighted by atomic mass is 9.90. The third-order valence-electron chi connectivity index (χ3n) is 5.36. The molecule has 2 aromatic heterocycles. The number of likely N-dealkylation sites (tertiary alicyclic amines) is 1. The third-order valence-corrected chi connectivity index (χ3v) is 5.36. The molecule has 2 aliphatic heterocycles. The summed E-state index contributed by atoms with van der Waals surface area (Å²) >= 11 is 0. The van der Waals surface area contributed by atoms with E-state index in [1.165, 1.54) is 0 Å². The zero-order valence-corrected chi connectivity index (χ0v) is 15.2. The maximum Gasteiger partial charge on any atom is 0.257 e. The van der Waals surface area contributed by atoms with Gasteiger partial charge in [-0.05, 0) is 44.5 Å². The highest BCUT2D eigenvalue weighted by Crippen LogP contribution is 2.30. The summed E-state index contributed by atoms with van der Waals surface area (Å²) in [7, 11) is 0. The average Bonchev–Trinajstić information content (AvgIpc) is 3.08. The maximum atomic E-state index is 12.9. The largest absolute Gasteiger partial charge is 0.469 e. The van der Waals surface area contributed by atoms with E-state index in [-0.39, 0.29) is 11.5 Å². The van der Waals surface area contributed by atoms with E-state index in [2.05, 4.69) is 16.0 Å². The molecule has 0 N–H and O–H groups in total. The average molecular weight is 355 g/mol. The summed E-state index contributed by atoms with van der Waals surface area (Å²) in [6, 6.07) is 7.77. The Morgan fingerprint density at radius 2 is 2.19 bits per heavy atom. The van der Waals surface area contributed by atoms with Crippen molar-refractivity contribution in [3.63, 3.8) is 0 Å². The molecule has 138 valence electrons. The summed E-state index contributed by atoms with van der Waals surface area (Å²) in [4.78, 5) is 21.6. The normalized spacial score (nSPS) is 24.1. The number of ether oxygens (including phenoxy) is 1. The molecular weight excluding hydrogens is 330 g/mol. The van der Waals surface area contributed by atoms with Crippen LogP contribution in [0.15, 0.2) is 41.1 Å². The van der Waals surface area contributed by atoms with Crippen molar-refractivity contribution in [2.24, 2.45) is 0 Å². The quantitative estimate of drug-likeness (QED) is 0.847. The number of carbonyl (C=O) groups excluding carboxylic acids is 1. The number of carbonyl (C=O) groups is 1. The monoisotopic (exact) mass is 355 g/mol. The fraction of sp³-hybridized carbons (Fsp3) is 0.500. The van der Waals surface area contributed by atoms with Crippen LogP contribution in [0, 0.1) is 6.92 Å². The van der Waals surface area contributed by atoms with Crippen LogP contribution in [-0.4, -0.2) is 59.1 Å². The van der Waals surface area contributed by atoms with E-state index in [4.69, 9.17) is 9.15 Å². The van der Waals surface area contributed by atoms with Crippen LogP contribution in [0.5, 0.6) is 0 Å². The first-order chi connectivity index (χ1) is 12.7. The van der Waals surface area contributed by atoms with Gasteiger partial charge in [-0.25, -0.2) is 0 Å². The van der Waals surface area contributed by atoms with Gasteiger partial charge in [0.1, 0.15) is 5.76 Å². The highest BCUT2D eigenvalue weighted by molar-refractivity contribution is 5.95. The predicted molar refractivity (Wildman–Crippen MR) is 96.8 cm³/mol. The molecule has 0 bridgehead atoms. The van der Waals surface area contributed by atoms with Crippen molar-refractivity contribution in [1.82, 2.24) is 14.8 Å². The first-order valence-corrected chi connectivity index (χ1v) is 9.25. The second-order valence-corrected chi connectivity index (χ2v) is 7.28. The Morgan fingerprint density at radius 1 is 1.27 bits per heavy atom. The Hall–Kier alpha value is -2.18. The molecule has 2 fully saturated rings. The molecule has 1 atom stereocenters. The van der Waals surface area contributed by atoms with Gasteiger partial charge < -0.3 is 14.1 Å². The van der Waals surface area contributed by atoms with Crippen molar-refractivity contribution in [3.05, 3.63) is 53.7 Å². The molecule has 0 aromatic carbocycles. The molecule has 0 radical (unpaired) electrons. The van der Waals surface area contributed by atoms with Crippen LogP contribution in [0.1, 0.15) is 34.7 Å². The smallest absolute Gasteiger partial charge is 0.257 e. The first-order valence-electron chi connectivity index (χ1n) is 9.25. The number of pyridine rings is 1. The first kappa shape index (κ1) is 17.2. The highest BCUT2D eigenvalue weighted by Gasteiger charge is 2.42. The van der Waals surface area contributed by atoms with E-state index in [1.807, 2.05) is 30.2 Å². The number of furan rings is 1. The topological polar surface area (TPSA) is 58.8 Å². The minimum absolute atomic E-state index is 0.0424. The Morgan fingerprint density at radius 3 is 2.96 bits per heavy atom. The van der Waals surface area contributed by atoms with E-state index in [1.54, 1.807) is 12.3 Å². The molecule has 6 nitrogen and oxygen atoms in total. The zero-order valence-electron chi connectivity index (χ0n) is 15.2. The van der Waals surface area contributed by atoms with E-state index in [0.29, 0.717) is 31.0 Å². The minimum atomic E-state index is -0.279. The number of morpholine rings is 1. The molecular formula is C20H25N3O3. The van der Waals surface area contributed by atoms with Crippen molar-refractivity contribution in [2.45, 2.75) is 31.9 Å².